The number of unbranched alkanes of at least 4 members (excludes halogenated alkanes) is 3. The lowest BCUT2D eigenvalue weighted by molar-refractivity contribution is -0.895. The zero-order valence-corrected chi connectivity index (χ0v) is 31.3. The first-order chi connectivity index (χ1) is 24.0. The molecule has 290 valence electrons. The van der Waals surface area contributed by atoms with E-state index >= 15 is 0 Å². The topological polar surface area (TPSA) is 226 Å². The molecular formula is C34H52N6O12. The summed E-state index contributed by atoms with van der Waals surface area (Å²) in [5.41, 5.74) is 1.76. The fraction of sp³-hybridized carbons (Fsp3) is 0.529. The zero-order chi connectivity index (χ0) is 40.1. The maximum absolute atomic E-state index is 12.8. The maximum atomic E-state index is 12.8. The number of ether oxygens (including phenoxy) is 2. The Morgan fingerprint density at radius 3 is 1.15 bits per heavy atom. The van der Waals surface area contributed by atoms with Gasteiger partial charge in [0.15, 0.2) is 11.6 Å². The van der Waals surface area contributed by atoms with Gasteiger partial charge < -0.3 is 58.9 Å². The van der Waals surface area contributed by atoms with Gasteiger partial charge in [0, 0.05) is 52.2 Å². The SMILES string of the molecule is CN(C)C(=O)Oc1ccccc1C[N+](C)(C)CC(=O)CCCCCCC(=O)C[N+](C)(C)Cc1ccccc1OC(=O)N(C)C.O=[N+]([O-])[O-].O=[N+]([O-])[O-]. The first-order valence-corrected chi connectivity index (χ1v) is 16.3. The minimum atomic E-state index is -1.75. The summed E-state index contributed by atoms with van der Waals surface area (Å²) in [7, 11) is 14.6. The molecule has 0 heterocycles. The largest absolute Gasteiger partial charge is 0.414 e. The summed E-state index contributed by atoms with van der Waals surface area (Å²) >= 11 is 0. The normalized spacial score (nSPS) is 10.7. The third-order valence-electron chi connectivity index (χ3n) is 7.14. The van der Waals surface area contributed by atoms with Crippen LogP contribution in [0.2, 0.25) is 0 Å². The quantitative estimate of drug-likeness (QED) is 0.0935. The summed E-state index contributed by atoms with van der Waals surface area (Å²) in [6.07, 6.45) is 3.55. The molecule has 2 amide bonds. The molecule has 0 saturated carbocycles. The second-order valence-corrected chi connectivity index (χ2v) is 13.7. The number of rotatable bonds is 17. The van der Waals surface area contributed by atoms with E-state index in [0.717, 1.165) is 36.8 Å². The van der Waals surface area contributed by atoms with Crippen molar-refractivity contribution in [2.45, 2.75) is 51.6 Å². The molecule has 0 unspecified atom stereocenters. The van der Waals surface area contributed by atoms with Crippen LogP contribution >= 0.6 is 0 Å². The maximum Gasteiger partial charge on any atom is 0.414 e. The van der Waals surface area contributed by atoms with Crippen LogP contribution in [0.3, 0.4) is 0 Å². The molecule has 2 rings (SSSR count). The Morgan fingerprint density at radius 2 is 0.865 bits per heavy atom. The molecule has 52 heavy (non-hydrogen) atoms. The van der Waals surface area contributed by atoms with Crippen LogP contribution in [0.25, 0.3) is 0 Å². The molecule has 0 radical (unpaired) electrons. The monoisotopic (exact) mass is 736 g/mol. The van der Waals surface area contributed by atoms with Gasteiger partial charge in [-0.05, 0) is 37.1 Å². The average Bonchev–Trinajstić information content (AvgIpc) is 2.99. The molecule has 0 spiro atoms. The Morgan fingerprint density at radius 1 is 0.577 bits per heavy atom. The van der Waals surface area contributed by atoms with Crippen LogP contribution in [-0.2, 0) is 22.7 Å². The van der Waals surface area contributed by atoms with Gasteiger partial charge in [-0.25, -0.2) is 9.59 Å². The van der Waals surface area contributed by atoms with Crippen molar-refractivity contribution in [2.75, 3.05) is 69.5 Å². The second kappa shape index (κ2) is 23.2. The molecule has 0 saturated heterocycles. The second-order valence-electron chi connectivity index (χ2n) is 13.7. The van der Waals surface area contributed by atoms with Gasteiger partial charge in [-0.3, -0.25) is 9.59 Å². The van der Waals surface area contributed by atoms with Crippen LogP contribution in [-0.4, -0.2) is 122 Å². The van der Waals surface area contributed by atoms with E-state index in [1.165, 1.54) is 9.80 Å². The third kappa shape index (κ3) is 22.4. The number of quaternary nitrogens is 2. The standard InChI is InChI=1S/C34H52N4O6.2NO3/c1-35(2)33(41)43-31-21-15-13-17-27(31)23-37(5,6)25-29(39)19-11-9-10-12-20-30(40)26-38(7,8)24-28-18-14-16-22-32(28)44-34(42)36(3)4;2*2-1(3)4/h13-18,21-22H,9-12,19-20,23-26H2,1-8H3;;/q+2;2*-1. The Hall–Kier alpha value is -5.36. The van der Waals surface area contributed by atoms with E-state index in [0.29, 0.717) is 59.5 Å². The number of carbonyl (C=O) groups excluding carboxylic acids is 4. The molecule has 2 aromatic rings. The first-order valence-electron chi connectivity index (χ1n) is 16.3. The summed E-state index contributed by atoms with van der Waals surface area (Å²) in [6.45, 7) is 1.90. The van der Waals surface area contributed by atoms with Gasteiger partial charge in [0.25, 0.3) is 0 Å². The summed E-state index contributed by atoms with van der Waals surface area (Å²) in [6, 6.07) is 14.8. The van der Waals surface area contributed by atoms with Gasteiger partial charge in [-0.15, -0.1) is 0 Å². The number of amides is 2. The molecule has 18 heteroatoms. The fourth-order valence-corrected chi connectivity index (χ4v) is 4.98. The van der Waals surface area contributed by atoms with Crippen molar-refractivity contribution >= 4 is 23.8 Å². The van der Waals surface area contributed by atoms with Crippen molar-refractivity contribution in [2.24, 2.45) is 0 Å². The number of benzene rings is 2. The van der Waals surface area contributed by atoms with Crippen molar-refractivity contribution in [1.29, 1.82) is 0 Å². The highest BCUT2D eigenvalue weighted by Crippen LogP contribution is 2.24. The van der Waals surface area contributed by atoms with Gasteiger partial charge in [-0.2, -0.15) is 0 Å². The van der Waals surface area contributed by atoms with Gasteiger partial charge in [0.1, 0.15) is 37.7 Å². The number of ketones is 2. The Bertz CT molecular complexity index is 1360. The van der Waals surface area contributed by atoms with E-state index < -0.39 is 22.4 Å². The molecule has 0 fully saturated rings. The van der Waals surface area contributed by atoms with Crippen LogP contribution in [0.5, 0.6) is 11.5 Å². The minimum Gasteiger partial charge on any atom is -0.410 e. The molecule has 2 aromatic carbocycles. The van der Waals surface area contributed by atoms with E-state index in [2.05, 4.69) is 0 Å². The summed E-state index contributed by atoms with van der Waals surface area (Å²) < 4.78 is 11.9. The zero-order valence-electron chi connectivity index (χ0n) is 31.3. The molecular weight excluding hydrogens is 684 g/mol. The summed E-state index contributed by atoms with van der Waals surface area (Å²) in [4.78, 5) is 68.9. The first kappa shape index (κ1) is 46.6. The predicted molar refractivity (Wildman–Crippen MR) is 192 cm³/mol. The predicted octanol–water partition coefficient (Wildman–Crippen LogP) is 4.66. The lowest BCUT2D eigenvalue weighted by Gasteiger charge is -2.30. The fourth-order valence-electron chi connectivity index (χ4n) is 4.98. The molecule has 0 aliphatic heterocycles. The number of likely N-dealkylation sites (N-methyl/N-ethyl adjacent to an activating group) is 2. The lowest BCUT2D eigenvalue weighted by atomic mass is 10.1. The van der Waals surface area contributed by atoms with E-state index in [-0.39, 0.29) is 11.6 Å². The number of hydrogen-bond donors (Lipinski definition) is 0. The van der Waals surface area contributed by atoms with Crippen LogP contribution in [0.15, 0.2) is 48.5 Å². The molecule has 0 aliphatic carbocycles. The molecule has 0 aromatic heterocycles. The van der Waals surface area contributed by atoms with Gasteiger partial charge in [-0.1, -0.05) is 37.1 Å². The number of hydrogen-bond acceptors (Lipinski definition) is 12. The highest BCUT2D eigenvalue weighted by Gasteiger charge is 2.25. The van der Waals surface area contributed by atoms with Crippen molar-refractivity contribution in [3.05, 3.63) is 90.3 Å². The summed E-state index contributed by atoms with van der Waals surface area (Å²) in [5.74, 6) is 1.42. The highest BCUT2D eigenvalue weighted by molar-refractivity contribution is 5.80. The van der Waals surface area contributed by atoms with Crippen LogP contribution in [0, 0.1) is 30.6 Å². The van der Waals surface area contributed by atoms with Gasteiger partial charge >= 0.3 is 12.2 Å². The average molecular weight is 737 g/mol. The smallest absolute Gasteiger partial charge is 0.410 e. The van der Waals surface area contributed by atoms with E-state index in [4.69, 9.17) is 40.1 Å². The van der Waals surface area contributed by atoms with Crippen LogP contribution in [0.1, 0.15) is 49.7 Å². The third-order valence-corrected chi connectivity index (χ3v) is 7.14. The molecule has 18 nitrogen and oxygen atoms in total. The van der Waals surface area contributed by atoms with Crippen molar-refractivity contribution in [3.63, 3.8) is 0 Å². The number of nitrogens with zero attached hydrogens (tertiary/aromatic N) is 6. The molecule has 0 aliphatic rings. The molecule has 0 atom stereocenters. The van der Waals surface area contributed by atoms with Crippen molar-refractivity contribution < 1.29 is 47.8 Å². The Labute approximate surface area is 304 Å². The van der Waals surface area contributed by atoms with E-state index in [9.17, 15) is 19.2 Å². The van der Waals surface area contributed by atoms with Crippen molar-refractivity contribution in [1.82, 2.24) is 9.80 Å². The van der Waals surface area contributed by atoms with E-state index in [1.807, 2.05) is 64.6 Å². The van der Waals surface area contributed by atoms with E-state index in [1.54, 1.807) is 40.3 Å². The molecule has 0 bridgehead atoms. The van der Waals surface area contributed by atoms with Crippen LogP contribution in [0.4, 0.5) is 9.59 Å². The minimum absolute atomic E-state index is 0.199. The highest BCUT2D eigenvalue weighted by atomic mass is 16.9. The molecule has 0 N–H and O–H groups in total. The number of carbonyl (C=O) groups is 4. The van der Waals surface area contributed by atoms with Crippen molar-refractivity contribution in [3.8, 4) is 11.5 Å². The summed E-state index contributed by atoms with van der Waals surface area (Å²) in [5, 5.41) is 29.5. The Kier molecular flexibility index (Phi) is 20.8. The lowest BCUT2D eigenvalue weighted by Crippen LogP contribution is -2.43. The van der Waals surface area contributed by atoms with Gasteiger partial charge in [0.05, 0.1) is 38.4 Å². The number of para-hydroxylation sites is 2. The Balaban J connectivity index is 0.00000293. The van der Waals surface area contributed by atoms with Gasteiger partial charge in [0.2, 0.25) is 0 Å². The number of Topliss-reactive ketones (excluding diaryl/α,β-unsaturated/α-hetero) is 2. The van der Waals surface area contributed by atoms with Crippen LogP contribution < -0.4 is 9.47 Å².